The molecule has 2 aliphatic heterocycles. The largest absolute Gasteiger partial charge is 0.370 e. The first-order valence-corrected chi connectivity index (χ1v) is 14.3. The molecule has 204 valence electrons. The van der Waals surface area contributed by atoms with Crippen LogP contribution < -0.4 is 5.32 Å². The van der Waals surface area contributed by atoms with Gasteiger partial charge in [-0.05, 0) is 37.7 Å². The summed E-state index contributed by atoms with van der Waals surface area (Å²) < 4.78 is 1.99. The van der Waals surface area contributed by atoms with Crippen molar-refractivity contribution in [2.24, 2.45) is 4.99 Å². The summed E-state index contributed by atoms with van der Waals surface area (Å²) in [6.07, 6.45) is 18.4. The Hall–Kier alpha value is -3.74. The quantitative estimate of drug-likeness (QED) is 0.288. The van der Waals surface area contributed by atoms with Gasteiger partial charge in [-0.3, -0.25) is 9.79 Å². The molecule has 0 spiro atoms. The van der Waals surface area contributed by atoms with Gasteiger partial charge in [0.05, 0.1) is 11.9 Å². The van der Waals surface area contributed by atoms with Gasteiger partial charge in [0.1, 0.15) is 5.82 Å². The van der Waals surface area contributed by atoms with Gasteiger partial charge in [-0.1, -0.05) is 68.0 Å². The van der Waals surface area contributed by atoms with Gasteiger partial charge in [0.25, 0.3) is 0 Å². The van der Waals surface area contributed by atoms with Crippen molar-refractivity contribution in [3.63, 3.8) is 0 Å². The van der Waals surface area contributed by atoms with Crippen molar-refractivity contribution < 1.29 is 4.79 Å². The highest BCUT2D eigenvalue weighted by molar-refractivity contribution is 5.76. The van der Waals surface area contributed by atoms with Crippen LogP contribution in [0, 0.1) is 0 Å². The van der Waals surface area contributed by atoms with Crippen molar-refractivity contribution in [3.8, 4) is 0 Å². The third-order valence-corrected chi connectivity index (χ3v) is 8.02. The van der Waals surface area contributed by atoms with Crippen molar-refractivity contribution in [2.45, 2.75) is 70.3 Å². The second kappa shape index (κ2) is 12.4. The van der Waals surface area contributed by atoms with E-state index in [0.717, 1.165) is 68.6 Å². The molecular weight excluding hydrogens is 484 g/mol. The van der Waals surface area contributed by atoms with Gasteiger partial charge in [-0.25, -0.2) is 4.98 Å². The number of carbonyl (C=O) groups is 1. The topological polar surface area (TPSA) is 74.9 Å². The Morgan fingerprint density at radius 2 is 2.10 bits per heavy atom. The number of benzene rings is 1. The number of likely N-dealkylation sites (tertiary alicyclic amines) is 1. The fourth-order valence-corrected chi connectivity index (χ4v) is 6.16. The number of piperidine rings is 1. The van der Waals surface area contributed by atoms with Crippen molar-refractivity contribution >= 4 is 29.7 Å². The molecule has 1 fully saturated rings. The number of amides is 1. The highest BCUT2D eigenvalue weighted by Crippen LogP contribution is 2.39. The number of allylic oxidation sites excluding steroid dienone is 3. The van der Waals surface area contributed by atoms with Crippen LogP contribution in [0.3, 0.4) is 0 Å². The summed E-state index contributed by atoms with van der Waals surface area (Å²) in [6.45, 7) is 5.64. The molecule has 39 heavy (non-hydrogen) atoms. The van der Waals surface area contributed by atoms with E-state index in [0.29, 0.717) is 5.92 Å². The molecule has 4 heterocycles. The number of rotatable bonds is 8. The molecule has 7 nitrogen and oxygen atoms in total. The first kappa shape index (κ1) is 26.9. The lowest BCUT2D eigenvalue weighted by atomic mass is 9.83. The zero-order valence-corrected chi connectivity index (χ0v) is 23.4. The molecule has 5 rings (SSSR count). The maximum atomic E-state index is 12.3. The van der Waals surface area contributed by atoms with Gasteiger partial charge in [-0.2, -0.15) is 9.61 Å². The van der Waals surface area contributed by atoms with Crippen LogP contribution in [0.5, 0.6) is 0 Å². The smallest absolute Gasteiger partial charge is 0.219 e. The average Bonchev–Trinajstić information content (AvgIpc) is 3.39. The van der Waals surface area contributed by atoms with Crippen molar-refractivity contribution in [1.82, 2.24) is 19.5 Å². The standard InChI is InChI=1S/C32H40N6O/c1-4-11-27-20-25(17-19-37(27)23(2)39)30-28-16-10-18-34-31(28)38-32(36-30)29(22-35-38)26(21-33-3)15-9-8-14-24-12-6-5-7-13-24/h5-9,12-15,21-22,25-27,34H,4,10-11,16-20H2,1-3H3/b14-8+,15-9?,33-21?. The fraction of sp³-hybridized carbons (Fsp3) is 0.438. The van der Waals surface area contributed by atoms with E-state index in [1.807, 2.05) is 42.2 Å². The van der Waals surface area contributed by atoms with Gasteiger partial charge in [-0.15, -0.1) is 0 Å². The van der Waals surface area contributed by atoms with Crippen LogP contribution in [0.1, 0.15) is 80.2 Å². The summed E-state index contributed by atoms with van der Waals surface area (Å²) in [5, 5.41) is 8.44. The Kier molecular flexibility index (Phi) is 8.54. The predicted octanol–water partition coefficient (Wildman–Crippen LogP) is 6.04. The Bertz CT molecular complexity index is 1370. The minimum atomic E-state index is -0.0395. The highest BCUT2D eigenvalue weighted by atomic mass is 16.2. The summed E-state index contributed by atoms with van der Waals surface area (Å²) >= 11 is 0. The zero-order valence-electron chi connectivity index (χ0n) is 23.4. The number of anilines is 1. The lowest BCUT2D eigenvalue weighted by molar-refractivity contribution is -0.132. The molecule has 1 saturated heterocycles. The number of aliphatic imine (C=N–C) groups is 1. The number of aromatic nitrogens is 3. The summed E-state index contributed by atoms with van der Waals surface area (Å²) in [7, 11) is 1.81. The molecule has 3 atom stereocenters. The SMILES string of the molecule is CCCC1CC(c2nc3c(C(C=C/C=C/c4ccccc4)C=NC)cnn3c3c2CCCN3)CCN1C(C)=O. The van der Waals surface area contributed by atoms with Crippen LogP contribution in [-0.2, 0) is 11.2 Å². The molecule has 2 aromatic heterocycles. The molecule has 3 unspecified atom stereocenters. The molecule has 0 aliphatic carbocycles. The van der Waals surface area contributed by atoms with Crippen LogP contribution in [0.15, 0.2) is 59.7 Å². The maximum Gasteiger partial charge on any atom is 0.219 e. The van der Waals surface area contributed by atoms with E-state index < -0.39 is 0 Å². The van der Waals surface area contributed by atoms with E-state index in [1.165, 1.54) is 16.8 Å². The van der Waals surface area contributed by atoms with E-state index in [4.69, 9.17) is 10.1 Å². The minimum Gasteiger partial charge on any atom is -0.370 e. The van der Waals surface area contributed by atoms with Crippen molar-refractivity contribution in [1.29, 1.82) is 0 Å². The second-order valence-corrected chi connectivity index (χ2v) is 10.7. The highest BCUT2D eigenvalue weighted by Gasteiger charge is 2.34. The van der Waals surface area contributed by atoms with Crippen molar-refractivity contribution in [3.05, 3.63) is 77.1 Å². The molecule has 1 aromatic carbocycles. The molecule has 1 amide bonds. The zero-order chi connectivity index (χ0) is 27.2. The summed E-state index contributed by atoms with van der Waals surface area (Å²) in [6, 6.07) is 10.6. The molecule has 0 radical (unpaired) electrons. The van der Waals surface area contributed by atoms with Crippen LogP contribution in [0.25, 0.3) is 11.7 Å². The molecule has 0 saturated carbocycles. The third-order valence-electron chi connectivity index (χ3n) is 8.02. The first-order chi connectivity index (χ1) is 19.1. The summed E-state index contributed by atoms with van der Waals surface area (Å²) in [5.41, 5.74) is 5.59. The van der Waals surface area contributed by atoms with Gasteiger partial charge >= 0.3 is 0 Å². The van der Waals surface area contributed by atoms with Crippen LogP contribution in [0.2, 0.25) is 0 Å². The molecule has 3 aromatic rings. The number of nitrogens with zero attached hydrogens (tertiary/aromatic N) is 5. The predicted molar refractivity (Wildman–Crippen MR) is 160 cm³/mol. The number of fused-ring (bicyclic) bond motifs is 3. The molecular formula is C32H40N6O. The van der Waals surface area contributed by atoms with E-state index in [2.05, 4.69) is 58.6 Å². The lowest BCUT2D eigenvalue weighted by Gasteiger charge is -2.40. The summed E-state index contributed by atoms with van der Waals surface area (Å²) in [4.78, 5) is 24.1. The molecule has 1 N–H and O–H groups in total. The van der Waals surface area contributed by atoms with E-state index in [9.17, 15) is 4.79 Å². The van der Waals surface area contributed by atoms with Crippen LogP contribution in [-0.4, -0.2) is 57.8 Å². The number of hydrogen-bond acceptors (Lipinski definition) is 5. The number of carbonyl (C=O) groups excluding carboxylic acids is 1. The van der Waals surface area contributed by atoms with Crippen molar-refractivity contribution in [2.75, 3.05) is 25.5 Å². The normalized spacial score (nSPS) is 20.6. The van der Waals surface area contributed by atoms with E-state index >= 15 is 0 Å². The van der Waals surface area contributed by atoms with E-state index in [1.54, 1.807) is 6.92 Å². The Morgan fingerprint density at radius 1 is 1.26 bits per heavy atom. The Balaban J connectivity index is 1.51. The number of nitrogens with one attached hydrogen (secondary N) is 1. The molecule has 7 heteroatoms. The third kappa shape index (κ3) is 5.82. The average molecular weight is 525 g/mol. The van der Waals surface area contributed by atoms with Gasteiger partial charge < -0.3 is 10.2 Å². The fourth-order valence-electron chi connectivity index (χ4n) is 6.16. The number of hydrogen-bond donors (Lipinski definition) is 1. The molecule has 2 aliphatic rings. The Morgan fingerprint density at radius 3 is 2.87 bits per heavy atom. The maximum absolute atomic E-state index is 12.3. The lowest BCUT2D eigenvalue weighted by Crippen LogP contribution is -2.44. The van der Waals surface area contributed by atoms with E-state index in [-0.39, 0.29) is 17.9 Å². The van der Waals surface area contributed by atoms with Gasteiger partial charge in [0.15, 0.2) is 5.65 Å². The first-order valence-electron chi connectivity index (χ1n) is 14.3. The van der Waals surface area contributed by atoms with Gasteiger partial charge in [0, 0.05) is 62.3 Å². The Labute approximate surface area is 231 Å². The minimum absolute atomic E-state index is 0.0395. The summed E-state index contributed by atoms with van der Waals surface area (Å²) in [5.74, 6) is 1.56. The molecule has 0 bridgehead atoms. The second-order valence-electron chi connectivity index (χ2n) is 10.7. The monoisotopic (exact) mass is 524 g/mol. The van der Waals surface area contributed by atoms with Crippen LogP contribution in [0.4, 0.5) is 5.82 Å². The van der Waals surface area contributed by atoms with Crippen LogP contribution >= 0.6 is 0 Å². The van der Waals surface area contributed by atoms with Gasteiger partial charge in [0.2, 0.25) is 5.91 Å².